The predicted octanol–water partition coefficient (Wildman–Crippen LogP) is 5.32. The van der Waals surface area contributed by atoms with Gasteiger partial charge in [-0.1, -0.05) is 58.8 Å². The molecule has 23 heavy (non-hydrogen) atoms. The van der Waals surface area contributed by atoms with Crippen LogP contribution in [0, 0.1) is 18.8 Å². The summed E-state index contributed by atoms with van der Waals surface area (Å²) in [4.78, 5) is 2.37. The highest BCUT2D eigenvalue weighted by atomic mass is 35.5. The molecule has 0 bridgehead atoms. The zero-order valence-corrected chi connectivity index (χ0v) is 14.7. The van der Waals surface area contributed by atoms with Crippen molar-refractivity contribution in [3.63, 3.8) is 0 Å². The molecule has 1 saturated heterocycles. The second-order valence-electron chi connectivity index (χ2n) is 5.96. The minimum absolute atomic E-state index is 0.267. The Bertz CT molecular complexity index is 720. The third-order valence-electron chi connectivity index (χ3n) is 4.22. The van der Waals surface area contributed by atoms with Gasteiger partial charge in [0.25, 0.3) is 0 Å². The van der Waals surface area contributed by atoms with E-state index in [9.17, 15) is 0 Å². The second kappa shape index (κ2) is 7.41. The molecule has 118 valence electrons. The van der Waals surface area contributed by atoms with Gasteiger partial charge in [0.1, 0.15) is 0 Å². The van der Waals surface area contributed by atoms with Crippen molar-refractivity contribution >= 4 is 23.2 Å². The lowest BCUT2D eigenvalue weighted by Gasteiger charge is -2.21. The van der Waals surface area contributed by atoms with E-state index in [1.54, 1.807) is 0 Å². The van der Waals surface area contributed by atoms with Crippen LogP contribution in [0.1, 0.15) is 29.5 Å². The first-order valence-electron chi connectivity index (χ1n) is 7.88. The SMILES string of the molecule is Cc1ccc(C#CC2CCCN2Cc2c(Cl)cccc2Cl)cc1. The Labute approximate surface area is 148 Å². The average molecular weight is 344 g/mol. The van der Waals surface area contributed by atoms with Gasteiger partial charge < -0.3 is 0 Å². The molecule has 1 aliphatic rings. The van der Waals surface area contributed by atoms with E-state index in [0.29, 0.717) is 0 Å². The van der Waals surface area contributed by atoms with Gasteiger partial charge in [0, 0.05) is 27.7 Å². The molecule has 0 saturated carbocycles. The summed E-state index contributed by atoms with van der Waals surface area (Å²) in [5, 5.41) is 1.46. The van der Waals surface area contributed by atoms with Crippen molar-refractivity contribution < 1.29 is 0 Å². The summed E-state index contributed by atoms with van der Waals surface area (Å²) < 4.78 is 0. The topological polar surface area (TPSA) is 3.24 Å². The minimum atomic E-state index is 0.267. The van der Waals surface area contributed by atoms with Crippen LogP contribution in [0.3, 0.4) is 0 Å². The molecule has 0 spiro atoms. The zero-order chi connectivity index (χ0) is 16.2. The lowest BCUT2D eigenvalue weighted by molar-refractivity contribution is 0.288. The summed E-state index contributed by atoms with van der Waals surface area (Å²) in [5.74, 6) is 6.72. The Balaban J connectivity index is 1.75. The molecular formula is C20H19Cl2N. The van der Waals surface area contributed by atoms with Gasteiger partial charge in [0.05, 0.1) is 6.04 Å². The van der Waals surface area contributed by atoms with Gasteiger partial charge in [-0.05, 0) is 50.6 Å². The summed E-state index contributed by atoms with van der Waals surface area (Å²) in [6.07, 6.45) is 2.26. The van der Waals surface area contributed by atoms with Crippen LogP contribution in [0.25, 0.3) is 0 Å². The Morgan fingerprint density at radius 1 is 1.09 bits per heavy atom. The lowest BCUT2D eigenvalue weighted by Crippen LogP contribution is -2.27. The van der Waals surface area contributed by atoms with Crippen molar-refractivity contribution in [1.29, 1.82) is 0 Å². The predicted molar refractivity (Wildman–Crippen MR) is 98.0 cm³/mol. The fourth-order valence-corrected chi connectivity index (χ4v) is 3.39. The minimum Gasteiger partial charge on any atom is -0.285 e. The van der Waals surface area contributed by atoms with Gasteiger partial charge in [-0.15, -0.1) is 0 Å². The molecule has 0 aromatic heterocycles. The Kier molecular flexibility index (Phi) is 5.28. The standard InChI is InChI=1S/C20H19Cl2N/c1-15-7-9-16(10-8-15)11-12-17-4-3-13-23(17)14-18-19(21)5-2-6-20(18)22/h2,5-10,17H,3-4,13-14H2,1H3. The van der Waals surface area contributed by atoms with Crippen LogP contribution in [0.5, 0.6) is 0 Å². The third-order valence-corrected chi connectivity index (χ3v) is 4.93. The van der Waals surface area contributed by atoms with E-state index in [1.807, 2.05) is 18.2 Å². The third kappa shape index (κ3) is 4.09. The molecular weight excluding hydrogens is 325 g/mol. The van der Waals surface area contributed by atoms with Crippen LogP contribution >= 0.6 is 23.2 Å². The van der Waals surface area contributed by atoms with Crippen molar-refractivity contribution in [2.75, 3.05) is 6.54 Å². The van der Waals surface area contributed by atoms with Crippen molar-refractivity contribution in [3.05, 3.63) is 69.2 Å². The monoisotopic (exact) mass is 343 g/mol. The van der Waals surface area contributed by atoms with E-state index in [1.165, 1.54) is 5.56 Å². The van der Waals surface area contributed by atoms with Crippen molar-refractivity contribution in [2.24, 2.45) is 0 Å². The molecule has 1 nitrogen and oxygen atoms in total. The van der Waals surface area contributed by atoms with Gasteiger partial charge >= 0.3 is 0 Å². The van der Waals surface area contributed by atoms with Crippen LogP contribution in [0.4, 0.5) is 0 Å². The van der Waals surface area contributed by atoms with Crippen molar-refractivity contribution in [3.8, 4) is 11.8 Å². The fourth-order valence-electron chi connectivity index (χ4n) is 2.87. The fraction of sp³-hybridized carbons (Fsp3) is 0.300. The van der Waals surface area contributed by atoms with Crippen LogP contribution in [0.2, 0.25) is 10.0 Å². The molecule has 0 radical (unpaired) electrons. The average Bonchev–Trinajstić information content (AvgIpc) is 2.98. The Morgan fingerprint density at radius 2 is 1.78 bits per heavy atom. The molecule has 2 aromatic rings. The molecule has 2 aromatic carbocycles. The first-order chi connectivity index (χ1) is 11.1. The van der Waals surface area contributed by atoms with Crippen LogP contribution in [-0.2, 0) is 6.54 Å². The zero-order valence-electron chi connectivity index (χ0n) is 13.2. The maximum Gasteiger partial charge on any atom is 0.0721 e. The smallest absolute Gasteiger partial charge is 0.0721 e. The summed E-state index contributed by atoms with van der Waals surface area (Å²) >= 11 is 12.6. The molecule has 3 heteroatoms. The van der Waals surface area contributed by atoms with Crippen molar-refractivity contribution in [2.45, 2.75) is 32.4 Å². The van der Waals surface area contributed by atoms with Gasteiger partial charge in [-0.25, -0.2) is 0 Å². The molecule has 1 aliphatic heterocycles. The number of likely N-dealkylation sites (tertiary alicyclic amines) is 1. The quantitative estimate of drug-likeness (QED) is 0.667. The van der Waals surface area contributed by atoms with Gasteiger partial charge in [-0.3, -0.25) is 4.90 Å². The Hall–Kier alpha value is -1.46. The van der Waals surface area contributed by atoms with E-state index in [2.05, 4.69) is 47.9 Å². The molecule has 1 atom stereocenters. The molecule has 0 aliphatic carbocycles. The van der Waals surface area contributed by atoms with Crippen molar-refractivity contribution in [1.82, 2.24) is 4.90 Å². The van der Waals surface area contributed by atoms with Crippen LogP contribution < -0.4 is 0 Å². The number of aryl methyl sites for hydroxylation is 1. The largest absolute Gasteiger partial charge is 0.285 e. The number of benzene rings is 2. The van der Waals surface area contributed by atoms with Gasteiger partial charge in [-0.2, -0.15) is 0 Å². The maximum atomic E-state index is 6.30. The van der Waals surface area contributed by atoms with E-state index < -0.39 is 0 Å². The highest BCUT2D eigenvalue weighted by Crippen LogP contribution is 2.28. The van der Waals surface area contributed by atoms with E-state index in [0.717, 1.165) is 47.1 Å². The highest BCUT2D eigenvalue weighted by Gasteiger charge is 2.24. The first kappa shape index (κ1) is 16.4. The van der Waals surface area contributed by atoms with Gasteiger partial charge in [0.15, 0.2) is 0 Å². The maximum absolute atomic E-state index is 6.30. The second-order valence-corrected chi connectivity index (χ2v) is 6.78. The molecule has 1 fully saturated rings. The summed E-state index contributed by atoms with van der Waals surface area (Å²) in [5.41, 5.74) is 3.32. The van der Waals surface area contributed by atoms with E-state index in [-0.39, 0.29) is 6.04 Å². The Morgan fingerprint density at radius 3 is 2.48 bits per heavy atom. The van der Waals surface area contributed by atoms with E-state index >= 15 is 0 Å². The number of hydrogen-bond donors (Lipinski definition) is 0. The highest BCUT2D eigenvalue weighted by molar-refractivity contribution is 6.35. The molecule has 0 amide bonds. The summed E-state index contributed by atoms with van der Waals surface area (Å²) in [6, 6.07) is 14.3. The first-order valence-corrected chi connectivity index (χ1v) is 8.64. The van der Waals surface area contributed by atoms with E-state index in [4.69, 9.17) is 23.2 Å². The number of nitrogens with zero attached hydrogens (tertiary/aromatic N) is 1. The summed E-state index contributed by atoms with van der Waals surface area (Å²) in [7, 11) is 0. The number of halogens is 2. The lowest BCUT2D eigenvalue weighted by atomic mass is 10.1. The molecule has 3 rings (SSSR count). The number of hydrogen-bond acceptors (Lipinski definition) is 1. The van der Waals surface area contributed by atoms with Crippen LogP contribution in [-0.4, -0.2) is 17.5 Å². The van der Waals surface area contributed by atoms with Crippen LogP contribution in [0.15, 0.2) is 42.5 Å². The summed E-state index contributed by atoms with van der Waals surface area (Å²) in [6.45, 7) is 3.88. The number of rotatable bonds is 2. The molecule has 1 unspecified atom stereocenters. The van der Waals surface area contributed by atoms with Gasteiger partial charge in [0.2, 0.25) is 0 Å². The normalized spacial score (nSPS) is 17.8. The molecule has 1 heterocycles. The molecule has 0 N–H and O–H groups in total.